The van der Waals surface area contributed by atoms with Crippen LogP contribution in [0.1, 0.15) is 25.0 Å². The highest BCUT2D eigenvalue weighted by Gasteiger charge is 2.20. The van der Waals surface area contributed by atoms with Gasteiger partial charge < -0.3 is 14.8 Å². The first-order valence-corrected chi connectivity index (χ1v) is 12.6. The van der Waals surface area contributed by atoms with Gasteiger partial charge in [-0.2, -0.15) is 0 Å². The molecule has 0 aromatic heterocycles. The number of anilines is 1. The molecule has 0 fully saturated rings. The van der Waals surface area contributed by atoms with Gasteiger partial charge in [-0.25, -0.2) is 8.42 Å². The number of methoxy groups -OCH3 is 1. The molecule has 1 heterocycles. The molecular weight excluding hydrogens is 472 g/mol. The lowest BCUT2D eigenvalue weighted by molar-refractivity contribution is 0.243. The molecule has 3 aromatic carbocycles. The minimum absolute atomic E-state index is 0. The fraction of sp³-hybridized carbons (Fsp3) is 0.308. The number of rotatable bonds is 7. The first-order valence-electron chi connectivity index (χ1n) is 11.2. The van der Waals surface area contributed by atoms with Crippen molar-refractivity contribution < 1.29 is 17.9 Å². The molecule has 8 heteroatoms. The average Bonchev–Trinajstić information content (AvgIpc) is 3.04. The van der Waals surface area contributed by atoms with Crippen LogP contribution in [-0.4, -0.2) is 34.7 Å². The zero-order valence-corrected chi connectivity index (χ0v) is 21.3. The lowest BCUT2D eigenvalue weighted by Gasteiger charge is -2.19. The van der Waals surface area contributed by atoms with Gasteiger partial charge in [0.05, 0.1) is 23.8 Å². The zero-order chi connectivity index (χ0) is 23.4. The number of hydrogen-bond donors (Lipinski definition) is 2. The van der Waals surface area contributed by atoms with Gasteiger partial charge in [-0.05, 0) is 98.4 Å². The molecule has 0 aliphatic carbocycles. The maximum atomic E-state index is 13.2. The molecule has 2 N–H and O–H groups in total. The summed E-state index contributed by atoms with van der Waals surface area (Å²) < 4.78 is 40.4. The summed E-state index contributed by atoms with van der Waals surface area (Å²) >= 11 is 0. The van der Waals surface area contributed by atoms with Crippen molar-refractivity contribution in [2.75, 3.05) is 24.9 Å². The molecule has 0 atom stereocenters. The van der Waals surface area contributed by atoms with Gasteiger partial charge in [0.25, 0.3) is 10.0 Å². The Labute approximate surface area is 208 Å². The van der Waals surface area contributed by atoms with Crippen LogP contribution in [0, 0.1) is 0 Å². The monoisotopic (exact) mass is 502 g/mol. The van der Waals surface area contributed by atoms with E-state index in [0.717, 1.165) is 48.4 Å². The predicted molar refractivity (Wildman–Crippen MR) is 139 cm³/mol. The highest BCUT2D eigenvalue weighted by atomic mass is 35.5. The van der Waals surface area contributed by atoms with Crippen molar-refractivity contribution in [1.82, 2.24) is 5.32 Å². The molecule has 1 aliphatic rings. The lowest BCUT2D eigenvalue weighted by Crippen LogP contribution is -2.16. The van der Waals surface area contributed by atoms with E-state index in [0.29, 0.717) is 11.4 Å². The van der Waals surface area contributed by atoms with Crippen LogP contribution < -0.4 is 19.5 Å². The Morgan fingerprint density at radius 3 is 2.00 bits per heavy atom. The van der Waals surface area contributed by atoms with Gasteiger partial charge in [0, 0.05) is 0 Å². The van der Waals surface area contributed by atoms with Gasteiger partial charge in [0.2, 0.25) is 0 Å². The number of hydrogen-bond acceptors (Lipinski definition) is 5. The Morgan fingerprint density at radius 2 is 1.44 bits per heavy atom. The molecule has 6 nitrogen and oxygen atoms in total. The first kappa shape index (κ1) is 25.9. The number of benzene rings is 3. The molecule has 182 valence electrons. The first-order chi connectivity index (χ1) is 15.9. The van der Waals surface area contributed by atoms with Gasteiger partial charge in [0.15, 0.2) is 0 Å². The van der Waals surface area contributed by atoms with Crippen molar-refractivity contribution in [3.63, 3.8) is 0 Å². The largest absolute Gasteiger partial charge is 0.497 e. The van der Waals surface area contributed by atoms with E-state index < -0.39 is 10.0 Å². The Balaban J connectivity index is 0.00000324. The summed E-state index contributed by atoms with van der Waals surface area (Å²) in [6, 6.07) is 18.4. The van der Waals surface area contributed by atoms with Gasteiger partial charge in [-0.1, -0.05) is 24.3 Å². The number of fused-ring (bicyclic) bond motifs is 1. The number of halogens is 1. The third-order valence-corrected chi connectivity index (χ3v) is 7.02. The molecule has 0 saturated heterocycles. The van der Waals surface area contributed by atoms with Gasteiger partial charge in [0.1, 0.15) is 11.5 Å². The van der Waals surface area contributed by atoms with E-state index in [1.54, 1.807) is 19.2 Å². The molecule has 0 radical (unpaired) electrons. The molecule has 34 heavy (non-hydrogen) atoms. The van der Waals surface area contributed by atoms with Crippen LogP contribution in [0.3, 0.4) is 0 Å². The van der Waals surface area contributed by atoms with Crippen LogP contribution in [0.4, 0.5) is 5.69 Å². The summed E-state index contributed by atoms with van der Waals surface area (Å²) in [7, 11) is -2.16. The van der Waals surface area contributed by atoms with Crippen molar-refractivity contribution in [2.24, 2.45) is 0 Å². The molecule has 1 aliphatic heterocycles. The number of ether oxygens (including phenoxy) is 2. The van der Waals surface area contributed by atoms with Crippen LogP contribution in [0.5, 0.6) is 11.5 Å². The van der Waals surface area contributed by atoms with Crippen LogP contribution in [0.2, 0.25) is 0 Å². The van der Waals surface area contributed by atoms with E-state index in [-0.39, 0.29) is 23.4 Å². The average molecular weight is 503 g/mol. The Bertz CT molecular complexity index is 1210. The minimum atomic E-state index is -3.78. The van der Waals surface area contributed by atoms with Gasteiger partial charge in [-0.3, -0.25) is 4.72 Å². The summed E-state index contributed by atoms with van der Waals surface area (Å²) in [5, 5.41) is 3.39. The quantitative estimate of drug-likeness (QED) is 0.472. The van der Waals surface area contributed by atoms with Crippen LogP contribution in [0.25, 0.3) is 11.1 Å². The van der Waals surface area contributed by atoms with Crippen molar-refractivity contribution in [3.05, 3.63) is 71.8 Å². The van der Waals surface area contributed by atoms with E-state index in [1.807, 2.05) is 62.4 Å². The second-order valence-electron chi connectivity index (χ2n) is 8.39. The van der Waals surface area contributed by atoms with Crippen LogP contribution >= 0.6 is 12.4 Å². The third-order valence-electron chi connectivity index (χ3n) is 5.64. The lowest BCUT2D eigenvalue weighted by atomic mass is 10.0. The van der Waals surface area contributed by atoms with E-state index in [9.17, 15) is 8.42 Å². The Kier molecular flexibility index (Phi) is 8.47. The van der Waals surface area contributed by atoms with Crippen molar-refractivity contribution >= 4 is 28.1 Å². The van der Waals surface area contributed by atoms with Crippen molar-refractivity contribution in [2.45, 2.75) is 37.7 Å². The minimum Gasteiger partial charge on any atom is -0.497 e. The van der Waals surface area contributed by atoms with E-state index in [2.05, 4.69) is 10.0 Å². The van der Waals surface area contributed by atoms with Crippen LogP contribution in [0.15, 0.2) is 65.6 Å². The SMILES string of the molecule is COc1ccc(-c2ccc(S(=O)(=O)Nc3cc4c(cc3OC(C)C)CCNCC4)cc2)cc1.Cl. The van der Waals surface area contributed by atoms with Gasteiger partial charge >= 0.3 is 0 Å². The summed E-state index contributed by atoms with van der Waals surface area (Å²) in [5.74, 6) is 1.34. The number of sulfonamides is 1. The van der Waals surface area contributed by atoms with Crippen molar-refractivity contribution in [1.29, 1.82) is 0 Å². The van der Waals surface area contributed by atoms with E-state index >= 15 is 0 Å². The molecule has 0 spiro atoms. The fourth-order valence-electron chi connectivity index (χ4n) is 3.95. The predicted octanol–water partition coefficient (Wildman–Crippen LogP) is 5.06. The molecule has 3 aromatic rings. The molecule has 4 rings (SSSR count). The molecule has 0 saturated carbocycles. The fourth-order valence-corrected chi connectivity index (χ4v) is 5.01. The Morgan fingerprint density at radius 1 is 0.882 bits per heavy atom. The normalized spacial score (nSPS) is 13.4. The van der Waals surface area contributed by atoms with Gasteiger partial charge in [-0.15, -0.1) is 12.4 Å². The topological polar surface area (TPSA) is 76.7 Å². The molecular formula is C26H31ClN2O4S. The third kappa shape index (κ3) is 6.03. The smallest absolute Gasteiger partial charge is 0.262 e. The summed E-state index contributed by atoms with van der Waals surface area (Å²) in [4.78, 5) is 0.201. The maximum Gasteiger partial charge on any atom is 0.262 e. The number of nitrogens with one attached hydrogen (secondary N) is 2. The maximum absolute atomic E-state index is 13.2. The van der Waals surface area contributed by atoms with E-state index in [4.69, 9.17) is 9.47 Å². The molecule has 0 unspecified atom stereocenters. The summed E-state index contributed by atoms with van der Waals surface area (Å²) in [5.41, 5.74) is 4.73. The highest BCUT2D eigenvalue weighted by molar-refractivity contribution is 7.92. The second-order valence-corrected chi connectivity index (χ2v) is 10.1. The van der Waals surface area contributed by atoms with Crippen LogP contribution in [-0.2, 0) is 22.9 Å². The molecule has 0 bridgehead atoms. The Hall–Kier alpha value is -2.74. The second kappa shape index (κ2) is 11.1. The highest BCUT2D eigenvalue weighted by Crippen LogP contribution is 2.33. The summed E-state index contributed by atoms with van der Waals surface area (Å²) in [6.45, 7) is 5.64. The zero-order valence-electron chi connectivity index (χ0n) is 19.6. The van der Waals surface area contributed by atoms with E-state index in [1.165, 1.54) is 5.56 Å². The molecule has 0 amide bonds. The standard InChI is InChI=1S/C26H30N2O4S.ClH/c1-18(2)32-26-17-22-13-15-27-14-12-21(22)16-25(26)28-33(29,30)24-10-6-20(7-11-24)19-4-8-23(31-3)9-5-19;/h4-11,16-18,27-28H,12-15H2,1-3H3;1H. The summed E-state index contributed by atoms with van der Waals surface area (Å²) in [6.07, 6.45) is 1.67. The van der Waals surface area contributed by atoms with Crippen molar-refractivity contribution in [3.8, 4) is 22.6 Å².